The average Bonchev–Trinajstić information content (AvgIpc) is 3.13. The first-order chi connectivity index (χ1) is 25.6. The van der Waals surface area contributed by atoms with Gasteiger partial charge in [-0.15, -0.1) is 0 Å². The van der Waals surface area contributed by atoms with E-state index in [1.54, 1.807) is 24.5 Å². The number of alkyl halides is 6. The summed E-state index contributed by atoms with van der Waals surface area (Å²) in [4.78, 5) is 23.6. The van der Waals surface area contributed by atoms with Crippen molar-refractivity contribution in [1.82, 2.24) is 9.97 Å². The van der Waals surface area contributed by atoms with Crippen LogP contribution in [0.5, 0.6) is 11.5 Å². The van der Waals surface area contributed by atoms with Crippen molar-refractivity contribution in [2.75, 3.05) is 49.8 Å². The van der Waals surface area contributed by atoms with Gasteiger partial charge < -0.3 is 29.1 Å². The molecule has 1 aliphatic rings. The summed E-state index contributed by atoms with van der Waals surface area (Å²) >= 11 is 0. The number of anilines is 2. The zero-order valence-electron chi connectivity index (χ0n) is 30.1. The molecule has 9 nitrogen and oxygen atoms in total. The first-order valence-corrected chi connectivity index (χ1v) is 17.5. The van der Waals surface area contributed by atoms with E-state index >= 15 is 0 Å². The minimum atomic E-state index is -5.03. The van der Waals surface area contributed by atoms with E-state index in [0.29, 0.717) is 85.2 Å². The Bertz CT molecular complexity index is 1850. The van der Waals surface area contributed by atoms with E-state index < -0.39 is 36.0 Å². The monoisotopic (exact) mass is 760 g/mol. The number of hydrogen-bond donors (Lipinski definition) is 1. The minimum Gasteiger partial charge on any atom is -0.496 e. The van der Waals surface area contributed by atoms with Crippen LogP contribution in [0.2, 0.25) is 0 Å². The lowest BCUT2D eigenvalue weighted by Crippen LogP contribution is -2.36. The van der Waals surface area contributed by atoms with E-state index in [1.807, 2.05) is 43.0 Å². The molecule has 290 valence electrons. The van der Waals surface area contributed by atoms with Gasteiger partial charge in [0.1, 0.15) is 11.5 Å². The lowest BCUT2D eigenvalue weighted by atomic mass is 9.93. The number of rotatable bonds is 15. The zero-order valence-corrected chi connectivity index (χ0v) is 30.1. The summed E-state index contributed by atoms with van der Waals surface area (Å²) in [6, 6.07) is 12.6. The van der Waals surface area contributed by atoms with E-state index in [2.05, 4.69) is 9.97 Å². The number of nitrogens with zero attached hydrogens (tertiary/aromatic N) is 4. The second-order valence-corrected chi connectivity index (χ2v) is 13.2. The molecule has 1 fully saturated rings. The Morgan fingerprint density at radius 1 is 0.889 bits per heavy atom. The molecule has 0 unspecified atom stereocenters. The fourth-order valence-electron chi connectivity index (χ4n) is 6.11. The Morgan fingerprint density at radius 2 is 1.56 bits per heavy atom. The lowest BCUT2D eigenvalue weighted by Gasteiger charge is -2.29. The number of methoxy groups -OCH3 is 1. The Kier molecular flexibility index (Phi) is 12.9. The molecule has 1 aromatic heterocycles. The molecule has 0 spiro atoms. The third kappa shape index (κ3) is 10.5. The highest BCUT2D eigenvalue weighted by atomic mass is 19.4. The topological polar surface area (TPSA) is 97.3 Å². The van der Waals surface area contributed by atoms with Crippen LogP contribution in [-0.4, -0.2) is 61.1 Å². The Labute approximate surface area is 309 Å². The van der Waals surface area contributed by atoms with Gasteiger partial charge in [-0.05, 0) is 83.5 Å². The minimum absolute atomic E-state index is 0.00951. The SMILES string of the molecule is COc1ccc(C(C)C)cc1-c1ccc(OCCCCC(=O)O)cc1CN(Cc1cc(C(F)(F)F)cc(C(F)(F)F)c1)c1ncc(N2CCOCC2)cn1. The number of halogens is 6. The number of aliphatic carboxylic acids is 1. The molecule has 4 aromatic rings. The molecule has 15 heteroatoms. The molecule has 1 saturated heterocycles. The molecule has 0 saturated carbocycles. The van der Waals surface area contributed by atoms with Crippen molar-refractivity contribution in [1.29, 1.82) is 0 Å². The lowest BCUT2D eigenvalue weighted by molar-refractivity contribution is -0.143. The maximum atomic E-state index is 13.9. The summed E-state index contributed by atoms with van der Waals surface area (Å²) in [5.74, 6) is 0.304. The molecule has 0 radical (unpaired) electrons. The molecule has 0 aliphatic carbocycles. The highest BCUT2D eigenvalue weighted by molar-refractivity contribution is 5.75. The molecule has 1 aliphatic heterocycles. The molecule has 0 atom stereocenters. The number of carboxylic acid groups (broad SMARTS) is 1. The van der Waals surface area contributed by atoms with Gasteiger partial charge in [-0.2, -0.15) is 26.3 Å². The first-order valence-electron chi connectivity index (χ1n) is 17.5. The third-order valence-corrected chi connectivity index (χ3v) is 8.98. The van der Waals surface area contributed by atoms with Crippen LogP contribution in [0, 0.1) is 0 Å². The molecule has 0 amide bonds. The smallest absolute Gasteiger partial charge is 0.416 e. The molecule has 5 rings (SSSR count). The molecule has 54 heavy (non-hydrogen) atoms. The number of carbonyl (C=O) groups is 1. The molecule has 3 aromatic carbocycles. The summed E-state index contributed by atoms with van der Waals surface area (Å²) in [7, 11) is 1.53. The fourth-order valence-corrected chi connectivity index (χ4v) is 6.11. The second kappa shape index (κ2) is 17.4. The summed E-state index contributed by atoms with van der Waals surface area (Å²) in [6.07, 6.45) is -6.05. The van der Waals surface area contributed by atoms with Gasteiger partial charge in [0.05, 0.1) is 56.1 Å². The van der Waals surface area contributed by atoms with Gasteiger partial charge in [0.25, 0.3) is 0 Å². The second-order valence-electron chi connectivity index (χ2n) is 13.2. The zero-order chi connectivity index (χ0) is 39.0. The summed E-state index contributed by atoms with van der Waals surface area (Å²) in [6.45, 7) is 6.04. The van der Waals surface area contributed by atoms with Gasteiger partial charge in [0, 0.05) is 38.2 Å². The maximum absolute atomic E-state index is 13.9. The number of hydrogen-bond acceptors (Lipinski definition) is 8. The van der Waals surface area contributed by atoms with Gasteiger partial charge in [0.15, 0.2) is 0 Å². The Morgan fingerprint density at radius 3 is 2.15 bits per heavy atom. The number of benzene rings is 3. The van der Waals surface area contributed by atoms with Gasteiger partial charge in [-0.1, -0.05) is 26.0 Å². The predicted molar refractivity (Wildman–Crippen MR) is 191 cm³/mol. The van der Waals surface area contributed by atoms with Crippen molar-refractivity contribution in [3.63, 3.8) is 0 Å². The van der Waals surface area contributed by atoms with E-state index in [-0.39, 0.29) is 43.1 Å². The highest BCUT2D eigenvalue weighted by Crippen LogP contribution is 2.39. The maximum Gasteiger partial charge on any atom is 0.416 e. The normalized spacial score (nSPS) is 13.6. The van der Waals surface area contributed by atoms with Crippen molar-refractivity contribution in [2.45, 2.75) is 64.5 Å². The summed E-state index contributed by atoms with van der Waals surface area (Å²) in [5, 5.41) is 8.99. The van der Waals surface area contributed by atoms with Crippen LogP contribution >= 0.6 is 0 Å². The largest absolute Gasteiger partial charge is 0.496 e. The van der Waals surface area contributed by atoms with Crippen molar-refractivity contribution in [2.24, 2.45) is 0 Å². The fraction of sp³-hybridized carbons (Fsp3) is 0.410. The number of aromatic nitrogens is 2. The molecule has 0 bridgehead atoms. The predicted octanol–water partition coefficient (Wildman–Crippen LogP) is 8.99. The quantitative estimate of drug-likeness (QED) is 0.0941. The Balaban J connectivity index is 1.61. The van der Waals surface area contributed by atoms with E-state index in [9.17, 15) is 31.1 Å². The standard InChI is InChI=1S/C39H42F6N4O5/c1-25(2)27-7-10-35(52-3)34(19-27)33-9-8-32(54-13-5-4-6-36(50)51)18-28(33)24-49(37-46-21-31(22-47-37)48-11-14-53-15-12-48)23-26-16-29(38(40,41)42)20-30(17-26)39(43,44)45/h7-10,16-22,25H,4-6,11-15,23-24H2,1-3H3,(H,50,51). The average molecular weight is 761 g/mol. The number of morpholine rings is 1. The van der Waals surface area contributed by atoms with Crippen molar-refractivity contribution < 1.29 is 50.5 Å². The Hall–Kier alpha value is -5.05. The van der Waals surface area contributed by atoms with Crippen LogP contribution in [0.15, 0.2) is 67.0 Å². The van der Waals surface area contributed by atoms with Crippen LogP contribution in [0.4, 0.5) is 38.0 Å². The third-order valence-electron chi connectivity index (χ3n) is 8.98. The molecule has 1 N–H and O–H groups in total. The van der Waals surface area contributed by atoms with Gasteiger partial charge in [-0.3, -0.25) is 4.79 Å². The van der Waals surface area contributed by atoms with E-state index in [1.165, 1.54) is 12.0 Å². The van der Waals surface area contributed by atoms with Gasteiger partial charge in [0.2, 0.25) is 5.95 Å². The van der Waals surface area contributed by atoms with E-state index in [4.69, 9.17) is 19.3 Å². The summed E-state index contributed by atoms with van der Waals surface area (Å²) in [5.41, 5.74) is 0.602. The number of carboxylic acids is 1. The molecular formula is C39H42F6N4O5. The van der Waals surface area contributed by atoms with Crippen LogP contribution < -0.4 is 19.3 Å². The van der Waals surface area contributed by atoms with Crippen molar-refractivity contribution >= 4 is 17.6 Å². The van der Waals surface area contributed by atoms with Crippen LogP contribution in [-0.2, 0) is 35.0 Å². The van der Waals surface area contributed by atoms with Crippen LogP contribution in [0.25, 0.3) is 11.1 Å². The van der Waals surface area contributed by atoms with E-state index in [0.717, 1.165) is 5.56 Å². The number of unbranched alkanes of at least 4 members (excludes halogenated alkanes) is 1. The van der Waals surface area contributed by atoms with Crippen LogP contribution in [0.3, 0.4) is 0 Å². The van der Waals surface area contributed by atoms with Crippen molar-refractivity contribution in [3.8, 4) is 22.6 Å². The van der Waals surface area contributed by atoms with Crippen LogP contribution in [0.1, 0.15) is 66.8 Å². The highest BCUT2D eigenvalue weighted by Gasteiger charge is 2.37. The van der Waals surface area contributed by atoms with Gasteiger partial charge >= 0.3 is 18.3 Å². The van der Waals surface area contributed by atoms with Gasteiger partial charge in [-0.25, -0.2) is 9.97 Å². The molecular weight excluding hydrogens is 718 g/mol. The first kappa shape index (κ1) is 40.1. The number of ether oxygens (including phenoxy) is 3. The van der Waals surface area contributed by atoms with Crippen molar-refractivity contribution in [3.05, 3.63) is 94.8 Å². The molecule has 2 heterocycles. The summed E-state index contributed by atoms with van der Waals surface area (Å²) < 4.78 is 101.